The zero-order chi connectivity index (χ0) is 74.6. The molecule has 1 unspecified atom stereocenters. The number of ketones is 1. The molecule has 2 bridgehead atoms. The molecular formula is C79H97NO21Si. The van der Waals surface area contributed by atoms with Gasteiger partial charge in [0.05, 0.1) is 54.2 Å². The van der Waals surface area contributed by atoms with E-state index in [9.17, 15) is 33.9 Å². The number of fused-ring (bicyclic) bond motifs is 7. The number of allylic oxidation sites excluding steroid dienone is 1. The van der Waals surface area contributed by atoms with Crippen molar-refractivity contribution in [1.82, 2.24) is 5.32 Å². The van der Waals surface area contributed by atoms with E-state index in [2.05, 4.69) is 5.32 Å². The van der Waals surface area contributed by atoms with Crippen LogP contribution >= 0.6 is 0 Å². The highest BCUT2D eigenvalue weighted by Crippen LogP contribution is 2.65. The maximum Gasteiger partial charge on any atom is 0.408 e. The monoisotopic (exact) mass is 1420 g/mol. The number of nitrogens with one attached hydrogen (secondary N) is 1. The fourth-order valence-electron chi connectivity index (χ4n) is 14.6. The summed E-state index contributed by atoms with van der Waals surface area (Å²) >= 11 is 0. The molecule has 102 heavy (non-hydrogen) atoms. The Hall–Kier alpha value is -8.51. The van der Waals surface area contributed by atoms with Crippen LogP contribution in [0.25, 0.3) is 33.4 Å². The smallest absolute Gasteiger partial charge is 0.408 e. The molecule has 548 valence electrons. The van der Waals surface area contributed by atoms with Crippen molar-refractivity contribution in [2.45, 2.75) is 220 Å². The van der Waals surface area contributed by atoms with Gasteiger partial charge in [-0.1, -0.05) is 96.5 Å². The molecular weight excluding hydrogens is 1330 g/mol. The van der Waals surface area contributed by atoms with Gasteiger partial charge in [-0.2, -0.15) is 0 Å². The van der Waals surface area contributed by atoms with E-state index >= 15 is 14.4 Å². The molecule has 23 heteroatoms. The number of esters is 6. The molecule has 2 N–H and O–H groups in total. The van der Waals surface area contributed by atoms with Gasteiger partial charge >= 0.3 is 41.9 Å². The van der Waals surface area contributed by atoms with Gasteiger partial charge < -0.3 is 61.9 Å². The number of aliphatic hydroxyl groups is 1. The predicted molar refractivity (Wildman–Crippen MR) is 379 cm³/mol. The molecule has 11 atom stereocenters. The van der Waals surface area contributed by atoms with E-state index in [0.29, 0.717) is 57.4 Å². The van der Waals surface area contributed by atoms with Crippen molar-refractivity contribution >= 4 is 67.0 Å². The quantitative estimate of drug-likeness (QED) is 0.0162. The second kappa shape index (κ2) is 29.0. The van der Waals surface area contributed by atoms with Crippen molar-refractivity contribution in [3.8, 4) is 28.2 Å². The highest BCUT2D eigenvalue weighted by molar-refractivity contribution is 6.74. The van der Waals surface area contributed by atoms with Gasteiger partial charge in [-0.3, -0.25) is 24.0 Å². The van der Waals surface area contributed by atoms with Crippen LogP contribution in [0, 0.1) is 28.6 Å². The molecule has 2 aliphatic heterocycles. The van der Waals surface area contributed by atoms with Gasteiger partial charge in [-0.25, -0.2) is 19.2 Å². The Morgan fingerprint density at radius 2 is 1.50 bits per heavy atom. The number of ether oxygens (including phenoxy) is 9. The molecule has 3 aromatic carbocycles. The molecule has 3 saturated carbocycles. The first-order chi connectivity index (χ1) is 47.7. The molecule has 3 aromatic rings. The first kappa shape index (κ1) is 76.1. The van der Waals surface area contributed by atoms with E-state index in [1.165, 1.54) is 31.2 Å². The molecule has 0 aromatic heterocycles. The molecule has 22 nitrogen and oxygen atoms in total. The minimum Gasteiger partial charge on any atom is -0.493 e. The van der Waals surface area contributed by atoms with Crippen LogP contribution < -0.4 is 15.5 Å². The molecule has 5 aliphatic carbocycles. The molecule has 4 fully saturated rings. The van der Waals surface area contributed by atoms with Crippen molar-refractivity contribution in [2.24, 2.45) is 28.6 Å². The summed E-state index contributed by atoms with van der Waals surface area (Å²) < 4.78 is 70.2. The minimum absolute atomic E-state index is 0.00602. The zero-order valence-electron chi connectivity index (χ0n) is 61.5. The fourth-order valence-corrected chi connectivity index (χ4v) is 15.8. The summed E-state index contributed by atoms with van der Waals surface area (Å²) in [5.41, 5.74) is -6.32. The number of carbonyl (C=O) groups excluding carboxylic acids is 8. The van der Waals surface area contributed by atoms with Crippen molar-refractivity contribution < 1.29 is 94.9 Å². The standard InChI is InChI=1S/C79H97NO21Si/c1-43(2)36-55(80-73(89)100-74(7,8)9)64(101-102(16,17)75(10,11)12)72(88)95-58-40-79(90)68(98-70(86)47-24-19-18-20-25-47)66-77(15,67(84)65(97-69(85)48-29-30-48)63(45(58)5)76(79,13)14)59(39-60-78(66,42-93-60)99-46(6)81)96-61(83)28-23-35-91-50-32-34-54-57(38-50)94-56-37-49(82)31-33-53(56)62(54)51-26-21-22-27-52(51)71(87)92-41-44(3)4/h18-22,24-27,31-34,36-38,44,48,55,58-60,64-66,68,90H,23,28-30,35,39-42H2,1-17H3,(H,80,89)/t55-,58-,59-,60+,64?,65+,66-,68-,77+,78-,79+/m0/s1. The highest BCUT2D eigenvalue weighted by atomic mass is 28.4. The number of Topliss-reactive ketones (excluding diaryl/α,β-unsaturated/α-hetero) is 1. The summed E-state index contributed by atoms with van der Waals surface area (Å²) in [5.74, 6) is -7.32. The zero-order valence-corrected chi connectivity index (χ0v) is 62.5. The Balaban J connectivity index is 1.04. The van der Waals surface area contributed by atoms with Crippen LogP contribution in [-0.4, -0.2) is 140 Å². The number of rotatable bonds is 22. The Kier molecular flexibility index (Phi) is 21.6. The van der Waals surface area contributed by atoms with E-state index < -0.39 is 156 Å². The first-order valence-electron chi connectivity index (χ1n) is 35.1. The lowest BCUT2D eigenvalue weighted by Crippen LogP contribution is -2.82. The second-order valence-electron chi connectivity index (χ2n) is 31.7. The van der Waals surface area contributed by atoms with Gasteiger partial charge in [0, 0.05) is 60.2 Å². The van der Waals surface area contributed by atoms with Crippen molar-refractivity contribution in [2.75, 3.05) is 19.8 Å². The number of amides is 1. The summed E-state index contributed by atoms with van der Waals surface area (Å²) in [7, 11) is -3.00. The van der Waals surface area contributed by atoms with Crippen LogP contribution in [-0.2, 0) is 66.3 Å². The van der Waals surface area contributed by atoms with Crippen molar-refractivity contribution in [1.29, 1.82) is 0 Å². The van der Waals surface area contributed by atoms with Gasteiger partial charge in [0.1, 0.15) is 52.7 Å². The summed E-state index contributed by atoms with van der Waals surface area (Å²) in [6.07, 6.45) is -9.04. The van der Waals surface area contributed by atoms with Crippen LogP contribution in [0.15, 0.2) is 123 Å². The third kappa shape index (κ3) is 15.3. The van der Waals surface area contributed by atoms with Gasteiger partial charge in [0.15, 0.2) is 37.3 Å². The van der Waals surface area contributed by atoms with Crippen LogP contribution in [0.3, 0.4) is 0 Å². The summed E-state index contributed by atoms with van der Waals surface area (Å²) in [5, 5.41) is 17.6. The SMILES string of the molecule is CC(=O)O[C@@]12CO[C@@H]1C[C@H](OC(=O)CCCOc1ccc3c(-c4ccccc4C(=O)OCC(C)C)c4ccc(=O)cc-4oc3c1)[C@@]1(C)C(=O)[C@H](OC(=O)C3CC3)C3=C(C)[C@@H](OC(=O)C(O[Si](C)(C)C(C)(C)C)[C@H](C=C(C)C)NC(=O)OC(C)(C)C)C[C@@](O)([C@@H](OC(=O)c4ccccc4)[C@H]21)C3(C)C. The molecule has 1 saturated heterocycles. The average molecular weight is 1420 g/mol. The third-order valence-electron chi connectivity index (χ3n) is 20.9. The average Bonchev–Trinajstić information content (AvgIpc) is 0.668. The highest BCUT2D eigenvalue weighted by Gasteiger charge is 2.79. The predicted octanol–water partition coefficient (Wildman–Crippen LogP) is 12.9. The Bertz CT molecular complexity index is 4170. The molecule has 1 amide bonds. The molecule has 2 heterocycles. The van der Waals surface area contributed by atoms with E-state index in [-0.39, 0.29) is 66.3 Å². The summed E-state index contributed by atoms with van der Waals surface area (Å²) in [4.78, 5) is 131. The number of hydrogen-bond acceptors (Lipinski definition) is 21. The van der Waals surface area contributed by atoms with E-state index in [0.717, 1.165) is 6.92 Å². The molecule has 7 aliphatic rings. The molecule has 0 radical (unpaired) electrons. The maximum atomic E-state index is 17.0. The largest absolute Gasteiger partial charge is 0.493 e. The van der Waals surface area contributed by atoms with Crippen LogP contribution in [0.5, 0.6) is 5.75 Å². The number of alkyl carbamates (subject to hydrolysis) is 1. The lowest BCUT2D eigenvalue weighted by Gasteiger charge is -2.67. The van der Waals surface area contributed by atoms with Crippen LogP contribution in [0.1, 0.15) is 163 Å². The van der Waals surface area contributed by atoms with Gasteiger partial charge in [-0.15, -0.1) is 0 Å². The number of carbonyl (C=O) groups is 8. The van der Waals surface area contributed by atoms with E-state index in [4.69, 9.17) is 51.5 Å². The number of hydrogen-bond donors (Lipinski definition) is 2. The Morgan fingerprint density at radius 1 is 0.814 bits per heavy atom. The normalized spacial score (nSPS) is 25.2. The summed E-state index contributed by atoms with van der Waals surface area (Å²) in [6.45, 7) is 29.6. The first-order valence-corrected chi connectivity index (χ1v) is 38.0. The van der Waals surface area contributed by atoms with Gasteiger partial charge in [-0.05, 0) is 151 Å². The lowest BCUT2D eigenvalue weighted by molar-refractivity contribution is -0.346. The fraction of sp³-hybridized carbons (Fsp3) is 0.532. The summed E-state index contributed by atoms with van der Waals surface area (Å²) in [6, 6.07) is 23.3. The van der Waals surface area contributed by atoms with Crippen LogP contribution in [0.2, 0.25) is 18.1 Å². The van der Waals surface area contributed by atoms with Crippen molar-refractivity contribution in [3.63, 3.8) is 0 Å². The minimum atomic E-state index is -3.00. The molecule has 0 spiro atoms. The number of benzene rings is 4. The maximum absolute atomic E-state index is 17.0. The third-order valence-corrected chi connectivity index (χ3v) is 25.4. The van der Waals surface area contributed by atoms with Crippen LogP contribution in [0.4, 0.5) is 4.79 Å². The van der Waals surface area contributed by atoms with E-state index in [1.807, 2.05) is 47.7 Å². The Labute approximate surface area is 596 Å². The second-order valence-corrected chi connectivity index (χ2v) is 36.5. The Morgan fingerprint density at radius 3 is 2.13 bits per heavy atom. The van der Waals surface area contributed by atoms with Gasteiger partial charge in [0.25, 0.3) is 0 Å². The lowest BCUT2D eigenvalue weighted by atomic mass is 9.44. The van der Waals surface area contributed by atoms with Gasteiger partial charge in [0.2, 0.25) is 0 Å². The van der Waals surface area contributed by atoms with E-state index in [1.54, 1.807) is 128 Å². The van der Waals surface area contributed by atoms with Crippen molar-refractivity contribution in [3.05, 3.63) is 135 Å². The molecule has 10 rings (SSSR count). The topological polar surface area (TPSA) is 291 Å².